The zero-order valence-corrected chi connectivity index (χ0v) is 15.2. The second-order valence-electron chi connectivity index (χ2n) is 6.28. The maximum Gasteiger partial charge on any atom is 0.272 e. The quantitative estimate of drug-likeness (QED) is 0.664. The minimum Gasteiger partial charge on any atom is -0.495 e. The lowest BCUT2D eigenvalue weighted by molar-refractivity contribution is -0.114. The van der Waals surface area contributed by atoms with Crippen LogP contribution >= 0.6 is 0 Å². The van der Waals surface area contributed by atoms with E-state index < -0.39 is 0 Å². The lowest BCUT2D eigenvalue weighted by atomic mass is 10.1. The van der Waals surface area contributed by atoms with Crippen LogP contribution < -0.4 is 15.4 Å². The number of benzene rings is 2. The van der Waals surface area contributed by atoms with Crippen molar-refractivity contribution in [1.82, 2.24) is 4.98 Å². The molecule has 0 atom stereocenters. The molecule has 2 amide bonds. The minimum absolute atomic E-state index is 0.215. The number of aromatic nitrogens is 1. The Morgan fingerprint density at radius 2 is 1.81 bits per heavy atom. The summed E-state index contributed by atoms with van der Waals surface area (Å²) in [5.41, 5.74) is 4.73. The highest BCUT2D eigenvalue weighted by Crippen LogP contribution is 2.28. The smallest absolute Gasteiger partial charge is 0.272 e. The number of anilines is 2. The van der Waals surface area contributed by atoms with E-state index in [0.29, 0.717) is 22.8 Å². The third-order valence-corrected chi connectivity index (χ3v) is 4.10. The molecule has 0 bridgehead atoms. The van der Waals surface area contributed by atoms with Crippen molar-refractivity contribution in [3.63, 3.8) is 0 Å². The number of ether oxygens (including phenoxy) is 1. The predicted molar refractivity (Wildman–Crippen MR) is 103 cm³/mol. The van der Waals surface area contributed by atoms with Gasteiger partial charge in [-0.05, 0) is 55.3 Å². The molecule has 3 aromatic rings. The first-order valence-electron chi connectivity index (χ1n) is 8.24. The fourth-order valence-electron chi connectivity index (χ4n) is 2.99. The first-order valence-corrected chi connectivity index (χ1v) is 8.24. The average Bonchev–Trinajstić information content (AvgIpc) is 2.99. The summed E-state index contributed by atoms with van der Waals surface area (Å²) in [5, 5.41) is 6.55. The molecule has 1 aromatic heterocycles. The van der Waals surface area contributed by atoms with E-state index in [0.717, 1.165) is 22.0 Å². The summed E-state index contributed by atoms with van der Waals surface area (Å²) in [6.45, 7) is 5.46. The molecule has 2 aromatic carbocycles. The fraction of sp³-hybridized carbons (Fsp3) is 0.200. The van der Waals surface area contributed by atoms with Gasteiger partial charge in [0.1, 0.15) is 11.4 Å². The number of methoxy groups -OCH3 is 1. The molecule has 3 rings (SSSR count). The third kappa shape index (κ3) is 3.54. The Kier molecular flexibility index (Phi) is 4.67. The van der Waals surface area contributed by atoms with Crippen molar-refractivity contribution in [2.24, 2.45) is 0 Å². The number of nitrogens with one attached hydrogen (secondary N) is 3. The topological polar surface area (TPSA) is 83.2 Å². The lowest BCUT2D eigenvalue weighted by Crippen LogP contribution is -2.13. The molecular formula is C20H21N3O3. The Balaban J connectivity index is 1.88. The van der Waals surface area contributed by atoms with Crippen molar-refractivity contribution in [3.05, 3.63) is 53.2 Å². The number of hydrogen-bond donors (Lipinski definition) is 3. The van der Waals surface area contributed by atoms with Gasteiger partial charge in [-0.2, -0.15) is 0 Å². The van der Waals surface area contributed by atoms with E-state index in [1.807, 2.05) is 26.0 Å². The van der Waals surface area contributed by atoms with Gasteiger partial charge >= 0.3 is 0 Å². The fourth-order valence-corrected chi connectivity index (χ4v) is 2.99. The summed E-state index contributed by atoms with van der Waals surface area (Å²) < 4.78 is 5.22. The Hall–Kier alpha value is -3.28. The van der Waals surface area contributed by atoms with Gasteiger partial charge in [0.05, 0.1) is 12.8 Å². The molecular weight excluding hydrogens is 330 g/mol. The van der Waals surface area contributed by atoms with Gasteiger partial charge in [-0.1, -0.05) is 6.07 Å². The monoisotopic (exact) mass is 351 g/mol. The van der Waals surface area contributed by atoms with Gasteiger partial charge in [0, 0.05) is 23.5 Å². The van der Waals surface area contributed by atoms with E-state index >= 15 is 0 Å². The molecule has 134 valence electrons. The zero-order chi connectivity index (χ0) is 18.8. The van der Waals surface area contributed by atoms with Crippen LogP contribution in [0.5, 0.6) is 5.75 Å². The van der Waals surface area contributed by atoms with E-state index in [4.69, 9.17) is 4.74 Å². The van der Waals surface area contributed by atoms with Crippen molar-refractivity contribution in [2.45, 2.75) is 20.8 Å². The largest absolute Gasteiger partial charge is 0.495 e. The Bertz CT molecular complexity index is 1000. The van der Waals surface area contributed by atoms with Crippen LogP contribution in [-0.4, -0.2) is 23.9 Å². The van der Waals surface area contributed by atoms with Crippen LogP contribution in [0.15, 0.2) is 36.4 Å². The van der Waals surface area contributed by atoms with Crippen LogP contribution in [0.3, 0.4) is 0 Å². The zero-order valence-electron chi connectivity index (χ0n) is 15.2. The Morgan fingerprint density at radius 1 is 1.04 bits per heavy atom. The number of carbonyl (C=O) groups excluding carboxylic acids is 2. The molecule has 0 spiro atoms. The van der Waals surface area contributed by atoms with Crippen LogP contribution in [0.2, 0.25) is 0 Å². The lowest BCUT2D eigenvalue weighted by Gasteiger charge is -2.11. The number of carbonyl (C=O) groups is 2. The van der Waals surface area contributed by atoms with Crippen molar-refractivity contribution >= 4 is 34.1 Å². The second kappa shape index (κ2) is 6.92. The van der Waals surface area contributed by atoms with E-state index in [1.165, 1.54) is 14.0 Å². The van der Waals surface area contributed by atoms with Gasteiger partial charge < -0.3 is 20.4 Å². The highest BCUT2D eigenvalue weighted by atomic mass is 16.5. The summed E-state index contributed by atoms with van der Waals surface area (Å²) in [6, 6.07) is 11.0. The number of hydrogen-bond acceptors (Lipinski definition) is 3. The second-order valence-corrected chi connectivity index (χ2v) is 6.28. The Labute approximate surface area is 151 Å². The third-order valence-electron chi connectivity index (χ3n) is 4.10. The highest BCUT2D eigenvalue weighted by molar-refractivity contribution is 6.06. The molecule has 0 saturated heterocycles. The number of fused-ring (bicyclic) bond motifs is 1. The van der Waals surface area contributed by atoms with Crippen LogP contribution in [0.1, 0.15) is 28.5 Å². The predicted octanol–water partition coefficient (Wildman–Crippen LogP) is 4.00. The maximum atomic E-state index is 12.6. The summed E-state index contributed by atoms with van der Waals surface area (Å²) >= 11 is 0. The van der Waals surface area contributed by atoms with Gasteiger partial charge in [-0.15, -0.1) is 0 Å². The SMILES string of the molecule is COc1ccc(NC(=O)c2cc3c(C)cc(C)cc3[nH]2)cc1NC(C)=O. The van der Waals surface area contributed by atoms with Crippen LogP contribution in [0.25, 0.3) is 10.9 Å². The van der Waals surface area contributed by atoms with Crippen molar-refractivity contribution in [3.8, 4) is 5.75 Å². The highest BCUT2D eigenvalue weighted by Gasteiger charge is 2.13. The van der Waals surface area contributed by atoms with Crippen LogP contribution in [0, 0.1) is 13.8 Å². The average molecular weight is 351 g/mol. The molecule has 0 unspecified atom stereocenters. The van der Waals surface area contributed by atoms with E-state index in [1.54, 1.807) is 18.2 Å². The van der Waals surface area contributed by atoms with Crippen LogP contribution in [0.4, 0.5) is 11.4 Å². The summed E-state index contributed by atoms with van der Waals surface area (Å²) in [6.07, 6.45) is 0. The molecule has 1 heterocycles. The van der Waals surface area contributed by atoms with Gasteiger partial charge in [-0.3, -0.25) is 9.59 Å². The van der Waals surface area contributed by atoms with Crippen molar-refractivity contribution in [2.75, 3.05) is 17.7 Å². The molecule has 0 radical (unpaired) electrons. The number of rotatable bonds is 4. The first kappa shape index (κ1) is 17.5. The van der Waals surface area contributed by atoms with E-state index in [-0.39, 0.29) is 11.8 Å². The molecule has 0 saturated carbocycles. The van der Waals surface area contributed by atoms with Gasteiger partial charge in [0.2, 0.25) is 5.91 Å². The molecule has 0 aliphatic rings. The normalized spacial score (nSPS) is 10.6. The van der Waals surface area contributed by atoms with Gasteiger partial charge in [-0.25, -0.2) is 0 Å². The molecule has 0 aliphatic heterocycles. The van der Waals surface area contributed by atoms with Crippen molar-refractivity contribution in [1.29, 1.82) is 0 Å². The molecule has 6 nitrogen and oxygen atoms in total. The molecule has 6 heteroatoms. The summed E-state index contributed by atoms with van der Waals surface area (Å²) in [4.78, 5) is 27.1. The number of aryl methyl sites for hydroxylation is 2. The first-order chi connectivity index (χ1) is 12.4. The number of H-pyrrole nitrogens is 1. The molecule has 0 aliphatic carbocycles. The standard InChI is InChI=1S/C20H21N3O3/c1-11-7-12(2)15-10-18(23-16(15)8-11)20(25)22-14-5-6-19(26-4)17(9-14)21-13(3)24/h5-10,23H,1-4H3,(H,21,24)(H,22,25). The molecule has 26 heavy (non-hydrogen) atoms. The molecule has 0 fully saturated rings. The van der Waals surface area contributed by atoms with Crippen LogP contribution in [-0.2, 0) is 4.79 Å². The number of amides is 2. The minimum atomic E-state index is -0.253. The van der Waals surface area contributed by atoms with Crippen molar-refractivity contribution < 1.29 is 14.3 Å². The summed E-state index contributed by atoms with van der Waals surface area (Å²) in [5.74, 6) is 0.0559. The maximum absolute atomic E-state index is 12.6. The molecule has 3 N–H and O–H groups in total. The number of aromatic amines is 1. The summed E-state index contributed by atoms with van der Waals surface area (Å²) in [7, 11) is 1.52. The van der Waals surface area contributed by atoms with Gasteiger partial charge in [0.25, 0.3) is 5.91 Å². The Morgan fingerprint density at radius 3 is 2.50 bits per heavy atom. The van der Waals surface area contributed by atoms with E-state index in [2.05, 4.69) is 21.7 Å². The van der Waals surface area contributed by atoms with E-state index in [9.17, 15) is 9.59 Å². The van der Waals surface area contributed by atoms with Gasteiger partial charge in [0.15, 0.2) is 0 Å².